The summed E-state index contributed by atoms with van der Waals surface area (Å²) in [6.45, 7) is 21.9. The fourth-order valence-corrected chi connectivity index (χ4v) is 17.9. The van der Waals surface area contributed by atoms with Crippen molar-refractivity contribution in [2.75, 3.05) is 26.9 Å². The lowest BCUT2D eigenvalue weighted by Gasteiger charge is -2.42. The smallest absolute Gasteiger partial charge is 0.142 e. The van der Waals surface area contributed by atoms with Crippen molar-refractivity contribution < 1.29 is 39.4 Å². The molecule has 4 N–H and O–H groups in total. The summed E-state index contributed by atoms with van der Waals surface area (Å²) in [5.41, 5.74) is 9.87. The predicted molar refractivity (Wildman–Crippen MR) is 331 cm³/mol. The van der Waals surface area contributed by atoms with Gasteiger partial charge in [0.15, 0.2) is 0 Å². The summed E-state index contributed by atoms with van der Waals surface area (Å²) in [6.07, 6.45) is 24.7. The molecular formula is C72H100N4O8. The molecule has 4 unspecified atom stereocenters. The molecule has 4 aromatic carbocycles. The third-order valence-corrected chi connectivity index (χ3v) is 23.9. The highest BCUT2D eigenvalue weighted by molar-refractivity contribution is 5.68. The molecule has 0 radical (unpaired) electrons. The zero-order valence-corrected chi connectivity index (χ0v) is 52.2. The molecule has 4 saturated carbocycles. The zero-order chi connectivity index (χ0) is 58.2. The van der Waals surface area contributed by atoms with Gasteiger partial charge in [-0.15, -0.1) is 0 Å². The number of phenols is 4. The number of benzene rings is 4. The first-order valence-corrected chi connectivity index (χ1v) is 33.7. The van der Waals surface area contributed by atoms with Crippen molar-refractivity contribution in [1.82, 2.24) is 19.6 Å². The molecule has 4 heterocycles. The van der Waals surface area contributed by atoms with Gasteiger partial charge in [-0.2, -0.15) is 0 Å². The summed E-state index contributed by atoms with van der Waals surface area (Å²) in [5, 5.41) is 52.8. The number of hydrogen-bond acceptors (Lipinski definition) is 12. The van der Waals surface area contributed by atoms with Gasteiger partial charge in [0.25, 0.3) is 0 Å². The Kier molecular flexibility index (Phi) is 16.6. The molecule has 5 aliphatic carbocycles. The van der Waals surface area contributed by atoms with Crippen molar-refractivity contribution in [3.63, 3.8) is 0 Å². The standard InChI is InChI=1S/C72H100N4O8/c1-41-53-29-58(70-61(65(53)77)33-73(38-82-70)45(5)49-21-13-9-14-22-49)43(3)55-31-60(72-63(67(55)79)35-75(40-84-72)47(7)51-25-17-11-18-26-51)44(4)56-32-59(71-64(68(56)80)36-76(39-83-71)48(8)52-27-19-12-20-28-52)42(2)54-30-57(41)69-62(66(54)78)34-74(37-81-69)46(6)50-23-15-10-16-24-50/h29-32,41-52,77-80H,9-28,33-40H2,1-8H3/t41?,42?,43?,44?,45-,46-,47-,48-/m0/s1. The molecule has 4 aromatic rings. The normalized spacial score (nSPS) is 26.7. The third kappa shape index (κ3) is 10.4. The van der Waals surface area contributed by atoms with E-state index < -0.39 is 23.7 Å². The van der Waals surface area contributed by atoms with E-state index in [1.54, 1.807) is 0 Å². The van der Waals surface area contributed by atoms with E-state index in [1.165, 1.54) is 128 Å². The second-order valence-corrected chi connectivity index (χ2v) is 28.4. The lowest BCUT2D eigenvalue weighted by molar-refractivity contribution is 0.0276. The maximum atomic E-state index is 13.2. The van der Waals surface area contributed by atoms with Gasteiger partial charge < -0.3 is 39.4 Å². The molecule has 4 fully saturated rings. The Morgan fingerprint density at radius 3 is 0.690 bits per heavy atom. The van der Waals surface area contributed by atoms with Crippen LogP contribution in [0.15, 0.2) is 24.3 Å². The van der Waals surface area contributed by atoms with E-state index in [0.29, 0.717) is 99.8 Å². The van der Waals surface area contributed by atoms with Crippen molar-refractivity contribution >= 4 is 0 Å². The average molecular weight is 1150 g/mol. The summed E-state index contributed by atoms with van der Waals surface area (Å²) >= 11 is 0. The van der Waals surface area contributed by atoms with Crippen LogP contribution in [0.25, 0.3) is 0 Å². The maximum absolute atomic E-state index is 13.2. The van der Waals surface area contributed by atoms with Crippen LogP contribution in [0, 0.1) is 23.7 Å². The molecule has 0 spiro atoms. The van der Waals surface area contributed by atoms with E-state index in [9.17, 15) is 20.4 Å². The maximum Gasteiger partial charge on any atom is 0.142 e. The molecule has 84 heavy (non-hydrogen) atoms. The van der Waals surface area contributed by atoms with Gasteiger partial charge in [0.05, 0.1) is 22.3 Å². The van der Waals surface area contributed by atoms with Gasteiger partial charge in [-0.25, -0.2) is 0 Å². The topological polar surface area (TPSA) is 131 Å². The van der Waals surface area contributed by atoms with Crippen molar-refractivity contribution in [1.29, 1.82) is 0 Å². The van der Waals surface area contributed by atoms with Crippen LogP contribution in [0.5, 0.6) is 46.0 Å². The first-order chi connectivity index (χ1) is 40.7. The minimum absolute atomic E-state index is 0.234. The molecule has 4 aliphatic heterocycles. The second kappa shape index (κ2) is 24.0. The molecule has 0 amide bonds. The van der Waals surface area contributed by atoms with E-state index in [-0.39, 0.29) is 47.2 Å². The van der Waals surface area contributed by atoms with Gasteiger partial charge in [0.1, 0.15) is 72.9 Å². The molecule has 0 aromatic heterocycles. The van der Waals surface area contributed by atoms with E-state index in [0.717, 1.165) is 66.8 Å². The lowest BCUT2D eigenvalue weighted by atomic mass is 9.77. The van der Waals surface area contributed by atoms with Gasteiger partial charge in [0.2, 0.25) is 0 Å². The summed E-state index contributed by atoms with van der Waals surface area (Å²) < 4.78 is 28.2. The molecular weight excluding hydrogens is 1050 g/mol. The van der Waals surface area contributed by atoms with Gasteiger partial charge in [-0.05, 0) is 127 Å². The van der Waals surface area contributed by atoms with Crippen LogP contribution in [0.1, 0.15) is 274 Å². The van der Waals surface area contributed by atoms with Gasteiger partial charge in [-0.1, -0.05) is 105 Å². The number of rotatable bonds is 8. The van der Waals surface area contributed by atoms with Gasteiger partial charge >= 0.3 is 0 Å². The molecule has 13 rings (SSSR count). The summed E-state index contributed by atoms with van der Waals surface area (Å²) in [7, 11) is 0. The van der Waals surface area contributed by atoms with Gasteiger partial charge in [0, 0.05) is 119 Å². The SMILES string of the molecule is CC1c2cc(c3c(c2O)CN([C@@H](C)C2CCCCC2)CO3)C(C)c2cc(c3c(c2O)CN([C@@H](C)C2CCCCC2)CO3)C(C)c2cc(c3c(c2O)CN([C@@H](C)C2CCCCC2)CO3)C(C)c2cc1c1c(c2O)CN([C@@H](C)C2CCCCC2)CO1. The first-order valence-electron chi connectivity index (χ1n) is 33.7. The largest absolute Gasteiger partial charge is 0.507 e. The number of nitrogens with zero attached hydrogens (tertiary/aromatic N) is 4. The third-order valence-electron chi connectivity index (χ3n) is 23.9. The van der Waals surface area contributed by atoms with Crippen LogP contribution in [0.2, 0.25) is 0 Å². The Bertz CT molecular complexity index is 2660. The van der Waals surface area contributed by atoms with Crippen LogP contribution >= 0.6 is 0 Å². The summed E-state index contributed by atoms with van der Waals surface area (Å²) in [5.74, 6) is 4.34. The Morgan fingerprint density at radius 2 is 0.500 bits per heavy atom. The molecule has 12 heteroatoms. The van der Waals surface area contributed by atoms with Crippen LogP contribution in [-0.2, 0) is 26.2 Å². The predicted octanol–water partition coefficient (Wildman–Crippen LogP) is 15.9. The van der Waals surface area contributed by atoms with Crippen molar-refractivity contribution in [2.45, 2.75) is 258 Å². The fourth-order valence-electron chi connectivity index (χ4n) is 17.9. The number of hydrogen-bond donors (Lipinski definition) is 4. The van der Waals surface area contributed by atoms with Crippen molar-refractivity contribution in [3.8, 4) is 46.0 Å². The monoisotopic (exact) mass is 1150 g/mol. The summed E-state index contributed by atoms with van der Waals surface area (Å²) in [4.78, 5) is 9.70. The zero-order valence-electron chi connectivity index (χ0n) is 52.2. The minimum atomic E-state index is -0.394. The Labute approximate surface area is 502 Å². The average Bonchev–Trinajstić information content (AvgIpc) is 3.70. The van der Waals surface area contributed by atoms with Crippen LogP contribution in [0.4, 0.5) is 0 Å². The Morgan fingerprint density at radius 1 is 0.310 bits per heavy atom. The van der Waals surface area contributed by atoms with Crippen LogP contribution in [0.3, 0.4) is 0 Å². The second-order valence-electron chi connectivity index (χ2n) is 28.4. The first kappa shape index (κ1) is 58.2. The number of aromatic hydroxyl groups is 4. The van der Waals surface area contributed by atoms with Crippen molar-refractivity contribution in [3.05, 3.63) is 91.0 Å². The molecule has 8 bridgehead atoms. The van der Waals surface area contributed by atoms with E-state index in [4.69, 9.17) is 18.9 Å². The van der Waals surface area contributed by atoms with E-state index in [2.05, 4.69) is 99.3 Å². The molecule has 12 nitrogen and oxygen atoms in total. The molecule has 8 atom stereocenters. The molecule has 456 valence electrons. The minimum Gasteiger partial charge on any atom is -0.507 e. The summed E-state index contributed by atoms with van der Waals surface area (Å²) in [6, 6.07) is 9.71. The molecule has 9 aliphatic rings. The van der Waals surface area contributed by atoms with E-state index >= 15 is 0 Å². The van der Waals surface area contributed by atoms with Crippen molar-refractivity contribution in [2.24, 2.45) is 23.7 Å². The lowest BCUT2D eigenvalue weighted by Crippen LogP contribution is -2.43. The number of phenolic OH excluding ortho intramolecular Hbond substituents is 4. The highest BCUT2D eigenvalue weighted by atomic mass is 16.5. The quantitative estimate of drug-likeness (QED) is 0.134. The highest BCUT2D eigenvalue weighted by Gasteiger charge is 2.42. The Balaban J connectivity index is 1.02. The number of fused-ring (bicyclic) bond motifs is 16. The Hall–Kier alpha value is -4.88. The number of ether oxygens (including phenoxy) is 4. The van der Waals surface area contributed by atoms with Crippen LogP contribution < -0.4 is 18.9 Å². The highest BCUT2D eigenvalue weighted by Crippen LogP contribution is 2.57. The van der Waals surface area contributed by atoms with E-state index in [1.807, 2.05) is 0 Å². The van der Waals surface area contributed by atoms with Crippen LogP contribution in [-0.4, -0.2) is 91.1 Å². The molecule has 0 saturated heterocycles. The fraction of sp³-hybridized carbons (Fsp3) is 0.667. The van der Waals surface area contributed by atoms with Gasteiger partial charge in [-0.3, -0.25) is 19.6 Å².